The molecule has 0 saturated carbocycles. The molecule has 1 N–H and O–H groups in total. The SMILES string of the molecule is CN(C)S(=O)(=O)N1CCc2nc(NC(=O)COc3ccc(Cl)cc3)sc2C1. The van der Waals surface area contributed by atoms with Gasteiger partial charge in [0.15, 0.2) is 11.7 Å². The van der Waals surface area contributed by atoms with Crippen LogP contribution >= 0.6 is 22.9 Å². The van der Waals surface area contributed by atoms with Crippen molar-refractivity contribution in [1.29, 1.82) is 0 Å². The Kier molecular flexibility index (Phi) is 6.02. The molecule has 1 aromatic carbocycles. The Morgan fingerprint density at radius 3 is 2.74 bits per heavy atom. The summed E-state index contributed by atoms with van der Waals surface area (Å²) >= 11 is 7.08. The van der Waals surface area contributed by atoms with Crippen molar-refractivity contribution >= 4 is 44.2 Å². The van der Waals surface area contributed by atoms with Crippen molar-refractivity contribution in [2.24, 2.45) is 0 Å². The Morgan fingerprint density at radius 2 is 2.07 bits per heavy atom. The Morgan fingerprint density at radius 1 is 1.37 bits per heavy atom. The lowest BCUT2D eigenvalue weighted by Crippen LogP contribution is -2.42. The standard InChI is InChI=1S/C16H19ClN4O4S2/c1-20(2)27(23,24)21-8-7-13-14(9-21)26-16(18-13)19-15(22)10-25-12-5-3-11(17)4-6-12/h3-6H,7-10H2,1-2H3,(H,18,19,22). The highest BCUT2D eigenvalue weighted by atomic mass is 35.5. The summed E-state index contributed by atoms with van der Waals surface area (Å²) in [4.78, 5) is 17.3. The predicted octanol–water partition coefficient (Wildman–Crippen LogP) is 1.98. The fourth-order valence-corrected chi connectivity index (χ4v) is 4.81. The summed E-state index contributed by atoms with van der Waals surface area (Å²) in [5.41, 5.74) is 0.819. The second-order valence-electron chi connectivity index (χ2n) is 6.05. The molecule has 0 unspecified atom stereocenters. The second kappa shape index (κ2) is 8.11. The number of thiazole rings is 1. The van der Waals surface area contributed by atoms with Crippen LogP contribution in [0.3, 0.4) is 0 Å². The van der Waals surface area contributed by atoms with Crippen molar-refractivity contribution in [3.63, 3.8) is 0 Å². The third-order valence-corrected chi connectivity index (χ3v) is 7.05. The van der Waals surface area contributed by atoms with Crippen LogP contribution in [-0.4, -0.2) is 55.2 Å². The molecule has 0 spiro atoms. The van der Waals surface area contributed by atoms with Gasteiger partial charge in [0.1, 0.15) is 5.75 Å². The number of anilines is 1. The number of hydrogen-bond acceptors (Lipinski definition) is 6. The third kappa shape index (κ3) is 4.77. The predicted molar refractivity (Wildman–Crippen MR) is 104 cm³/mol. The van der Waals surface area contributed by atoms with Gasteiger partial charge in [-0.3, -0.25) is 10.1 Å². The number of nitrogens with zero attached hydrogens (tertiary/aromatic N) is 3. The quantitative estimate of drug-likeness (QED) is 0.756. The van der Waals surface area contributed by atoms with E-state index in [0.717, 1.165) is 10.6 Å². The van der Waals surface area contributed by atoms with Gasteiger partial charge in [0.05, 0.1) is 12.2 Å². The van der Waals surface area contributed by atoms with Gasteiger partial charge >= 0.3 is 0 Å². The van der Waals surface area contributed by atoms with Gasteiger partial charge in [0, 0.05) is 37.0 Å². The highest BCUT2D eigenvalue weighted by Gasteiger charge is 2.30. The minimum atomic E-state index is -3.47. The molecular formula is C16H19ClN4O4S2. The Bertz CT molecular complexity index is 928. The van der Waals surface area contributed by atoms with Gasteiger partial charge in [0.25, 0.3) is 16.1 Å². The average Bonchev–Trinajstić information content (AvgIpc) is 3.02. The van der Waals surface area contributed by atoms with Crippen molar-refractivity contribution in [3.8, 4) is 5.75 Å². The number of carbonyl (C=O) groups is 1. The molecule has 2 aromatic rings. The van der Waals surface area contributed by atoms with Crippen molar-refractivity contribution in [2.45, 2.75) is 13.0 Å². The Labute approximate surface area is 166 Å². The fraction of sp³-hybridized carbons (Fsp3) is 0.375. The van der Waals surface area contributed by atoms with E-state index in [9.17, 15) is 13.2 Å². The topological polar surface area (TPSA) is 91.8 Å². The lowest BCUT2D eigenvalue weighted by Gasteiger charge is -2.27. The Hall–Kier alpha value is -1.72. The molecular weight excluding hydrogens is 412 g/mol. The van der Waals surface area contributed by atoms with Crippen LogP contribution in [0.1, 0.15) is 10.6 Å². The smallest absolute Gasteiger partial charge is 0.281 e. The van der Waals surface area contributed by atoms with Gasteiger partial charge in [-0.1, -0.05) is 11.6 Å². The molecule has 0 radical (unpaired) electrons. The highest BCUT2D eigenvalue weighted by Crippen LogP contribution is 2.29. The molecule has 0 bridgehead atoms. The zero-order valence-electron chi connectivity index (χ0n) is 14.8. The van der Waals surface area contributed by atoms with Gasteiger partial charge in [0.2, 0.25) is 0 Å². The molecule has 3 rings (SSSR count). The molecule has 2 heterocycles. The van der Waals surface area contributed by atoms with Gasteiger partial charge in [-0.2, -0.15) is 17.0 Å². The van der Waals surface area contributed by atoms with E-state index in [-0.39, 0.29) is 19.1 Å². The lowest BCUT2D eigenvalue weighted by molar-refractivity contribution is -0.118. The zero-order chi connectivity index (χ0) is 19.6. The van der Waals surface area contributed by atoms with Crippen molar-refractivity contribution < 1.29 is 17.9 Å². The minimum Gasteiger partial charge on any atom is -0.484 e. The molecule has 27 heavy (non-hydrogen) atoms. The summed E-state index contributed by atoms with van der Waals surface area (Å²) in [6, 6.07) is 6.71. The third-order valence-electron chi connectivity index (χ3n) is 3.91. The van der Waals surface area contributed by atoms with E-state index in [0.29, 0.717) is 28.9 Å². The van der Waals surface area contributed by atoms with Crippen LogP contribution in [0.4, 0.5) is 5.13 Å². The van der Waals surface area contributed by atoms with Crippen LogP contribution in [0.5, 0.6) is 5.75 Å². The first-order valence-corrected chi connectivity index (χ1v) is 10.7. The summed E-state index contributed by atoms with van der Waals surface area (Å²) in [7, 11) is -0.462. The molecule has 0 aliphatic carbocycles. The van der Waals surface area contributed by atoms with Crippen molar-refractivity contribution in [1.82, 2.24) is 13.6 Å². The molecule has 1 amide bonds. The lowest BCUT2D eigenvalue weighted by atomic mass is 10.2. The number of nitrogens with one attached hydrogen (secondary N) is 1. The molecule has 1 aromatic heterocycles. The zero-order valence-corrected chi connectivity index (χ0v) is 17.2. The van der Waals surface area contributed by atoms with E-state index in [4.69, 9.17) is 16.3 Å². The first-order valence-electron chi connectivity index (χ1n) is 8.10. The summed E-state index contributed by atoms with van der Waals surface area (Å²) in [6.07, 6.45) is 0.510. The maximum atomic E-state index is 12.3. The van der Waals surface area contributed by atoms with Crippen molar-refractivity contribution in [3.05, 3.63) is 39.9 Å². The summed E-state index contributed by atoms with van der Waals surface area (Å²) in [5, 5.41) is 3.72. The van der Waals surface area contributed by atoms with E-state index in [2.05, 4.69) is 10.3 Å². The summed E-state index contributed by atoms with van der Waals surface area (Å²) < 4.78 is 32.5. The fourth-order valence-electron chi connectivity index (χ4n) is 2.49. The maximum absolute atomic E-state index is 12.3. The van der Waals surface area contributed by atoms with E-state index < -0.39 is 10.2 Å². The molecule has 11 heteroatoms. The van der Waals surface area contributed by atoms with Gasteiger partial charge in [-0.25, -0.2) is 4.98 Å². The molecule has 0 saturated heterocycles. The normalized spacial score (nSPS) is 14.8. The first kappa shape index (κ1) is 20.0. The number of halogens is 1. The number of rotatable bonds is 6. The summed E-state index contributed by atoms with van der Waals surface area (Å²) in [6.45, 7) is 0.460. The van der Waals surface area contributed by atoms with Gasteiger partial charge in [-0.15, -0.1) is 11.3 Å². The molecule has 0 fully saturated rings. The average molecular weight is 431 g/mol. The first-order chi connectivity index (χ1) is 12.8. The van der Waals surface area contributed by atoms with E-state index >= 15 is 0 Å². The Balaban J connectivity index is 1.59. The molecule has 0 atom stereocenters. The van der Waals surface area contributed by atoms with Crippen LogP contribution in [0.2, 0.25) is 5.02 Å². The second-order valence-corrected chi connectivity index (χ2v) is 9.72. The van der Waals surface area contributed by atoms with Crippen molar-refractivity contribution in [2.75, 3.05) is 32.6 Å². The van der Waals surface area contributed by atoms with Gasteiger partial charge in [-0.05, 0) is 24.3 Å². The van der Waals surface area contributed by atoms with Crippen LogP contribution in [-0.2, 0) is 28.0 Å². The number of ether oxygens (including phenoxy) is 1. The van der Waals surface area contributed by atoms with Crippen LogP contribution in [0.25, 0.3) is 0 Å². The van der Waals surface area contributed by atoms with Crippen LogP contribution in [0, 0.1) is 0 Å². The van der Waals surface area contributed by atoms with E-state index in [1.54, 1.807) is 24.3 Å². The number of hydrogen-bond donors (Lipinski definition) is 1. The number of fused-ring (bicyclic) bond motifs is 1. The molecule has 1 aliphatic heterocycles. The minimum absolute atomic E-state index is 0.160. The maximum Gasteiger partial charge on any atom is 0.281 e. The molecule has 8 nitrogen and oxygen atoms in total. The largest absolute Gasteiger partial charge is 0.484 e. The monoisotopic (exact) mass is 430 g/mol. The van der Waals surface area contributed by atoms with Crippen LogP contribution in [0.15, 0.2) is 24.3 Å². The number of benzene rings is 1. The van der Waals surface area contributed by atoms with E-state index in [1.807, 2.05) is 0 Å². The number of aromatic nitrogens is 1. The molecule has 146 valence electrons. The number of carbonyl (C=O) groups excluding carboxylic acids is 1. The summed E-state index contributed by atoms with van der Waals surface area (Å²) in [5.74, 6) is 0.200. The number of amides is 1. The highest BCUT2D eigenvalue weighted by molar-refractivity contribution is 7.86. The molecule has 1 aliphatic rings. The van der Waals surface area contributed by atoms with E-state index in [1.165, 1.54) is 34.0 Å². The van der Waals surface area contributed by atoms with Crippen LogP contribution < -0.4 is 10.1 Å². The van der Waals surface area contributed by atoms with Gasteiger partial charge < -0.3 is 4.74 Å².